The second-order valence-electron chi connectivity index (χ2n) is 14.6. The predicted molar refractivity (Wildman–Crippen MR) is 134 cm³/mol. The molecule has 8 atom stereocenters. The number of hydrogen-bond donors (Lipinski definition) is 3. The van der Waals surface area contributed by atoms with Crippen molar-refractivity contribution in [2.75, 3.05) is 6.61 Å². The molecule has 0 amide bonds. The van der Waals surface area contributed by atoms with E-state index in [2.05, 4.69) is 60.6 Å². The van der Waals surface area contributed by atoms with Crippen LogP contribution in [-0.2, 0) is 4.79 Å². The lowest BCUT2D eigenvalue weighted by atomic mass is 9.35. The highest BCUT2D eigenvalue weighted by Gasteiger charge is 2.70. The summed E-state index contributed by atoms with van der Waals surface area (Å²) in [5.41, 5.74) is 1.18. The van der Waals surface area contributed by atoms with Crippen molar-refractivity contribution in [1.29, 1.82) is 0 Å². The van der Waals surface area contributed by atoms with Gasteiger partial charge in [0.25, 0.3) is 0 Å². The van der Waals surface area contributed by atoms with Crippen LogP contribution < -0.4 is 0 Å². The third-order valence-corrected chi connectivity index (χ3v) is 12.7. The van der Waals surface area contributed by atoms with Gasteiger partial charge in [-0.1, -0.05) is 66.2 Å². The monoisotopic (exact) mass is 470 g/mol. The van der Waals surface area contributed by atoms with Gasteiger partial charge >= 0.3 is 5.97 Å². The molecule has 4 heteroatoms. The van der Waals surface area contributed by atoms with Gasteiger partial charge in [-0.25, -0.2) is 0 Å². The first-order valence-electron chi connectivity index (χ1n) is 13.6. The Morgan fingerprint density at radius 2 is 1.62 bits per heavy atom. The molecule has 5 aliphatic rings. The molecule has 0 aromatic heterocycles. The van der Waals surface area contributed by atoms with Crippen LogP contribution in [0.4, 0.5) is 0 Å². The molecule has 3 fully saturated rings. The average Bonchev–Trinajstić information content (AvgIpc) is 2.96. The molecule has 0 spiro atoms. The Morgan fingerprint density at radius 3 is 2.24 bits per heavy atom. The van der Waals surface area contributed by atoms with Crippen molar-refractivity contribution >= 4 is 5.97 Å². The van der Waals surface area contributed by atoms with Gasteiger partial charge < -0.3 is 15.3 Å². The number of allylic oxidation sites excluding steroid dienone is 2. The van der Waals surface area contributed by atoms with E-state index in [0.717, 1.165) is 32.1 Å². The molecule has 190 valence electrons. The van der Waals surface area contributed by atoms with Crippen LogP contribution in [0.5, 0.6) is 0 Å². The van der Waals surface area contributed by atoms with Crippen LogP contribution >= 0.6 is 0 Å². The van der Waals surface area contributed by atoms with E-state index in [1.165, 1.54) is 11.1 Å². The molecule has 3 saturated carbocycles. The van der Waals surface area contributed by atoms with E-state index in [-0.39, 0.29) is 39.6 Å². The smallest absolute Gasteiger partial charge is 0.310 e. The van der Waals surface area contributed by atoms with Crippen LogP contribution in [0.2, 0.25) is 0 Å². The molecule has 0 aromatic rings. The van der Waals surface area contributed by atoms with E-state index in [1.54, 1.807) is 0 Å². The lowest BCUT2D eigenvalue weighted by Gasteiger charge is -2.69. The Hall–Kier alpha value is -1.13. The number of carboxylic acids is 1. The lowest BCUT2D eigenvalue weighted by molar-refractivity contribution is -0.187. The molecule has 0 bridgehead atoms. The van der Waals surface area contributed by atoms with Gasteiger partial charge in [0.1, 0.15) is 0 Å². The number of aliphatic hydroxyl groups is 2. The minimum atomic E-state index is -0.851. The maximum atomic E-state index is 12.8. The molecule has 0 aliphatic heterocycles. The molecular weight excluding hydrogens is 424 g/mol. The summed E-state index contributed by atoms with van der Waals surface area (Å²) in [5.74, 6) is -0.122. The van der Waals surface area contributed by atoms with E-state index in [9.17, 15) is 20.1 Å². The molecule has 0 radical (unpaired) electrons. The quantitative estimate of drug-likeness (QED) is 0.434. The Morgan fingerprint density at radius 1 is 0.971 bits per heavy atom. The van der Waals surface area contributed by atoms with Crippen LogP contribution in [0.1, 0.15) is 93.4 Å². The largest absolute Gasteiger partial charge is 0.481 e. The van der Waals surface area contributed by atoms with Crippen molar-refractivity contribution in [3.05, 3.63) is 23.3 Å². The molecule has 8 unspecified atom stereocenters. The second-order valence-corrected chi connectivity index (χ2v) is 14.6. The number of fused-ring (bicyclic) bond motifs is 7. The summed E-state index contributed by atoms with van der Waals surface area (Å²) in [6.45, 7) is 16.2. The van der Waals surface area contributed by atoms with Gasteiger partial charge in [-0.05, 0) is 89.4 Å². The molecule has 0 aromatic carbocycles. The highest BCUT2D eigenvalue weighted by molar-refractivity contribution is 5.77. The van der Waals surface area contributed by atoms with E-state index in [4.69, 9.17) is 0 Å². The third-order valence-electron chi connectivity index (χ3n) is 12.7. The number of carbonyl (C=O) groups is 1. The molecular formula is C30H46O4. The van der Waals surface area contributed by atoms with Gasteiger partial charge in [0.15, 0.2) is 0 Å². The molecule has 0 heterocycles. The van der Waals surface area contributed by atoms with E-state index >= 15 is 0 Å². The van der Waals surface area contributed by atoms with Gasteiger partial charge in [0, 0.05) is 5.92 Å². The van der Waals surface area contributed by atoms with Crippen LogP contribution in [0.3, 0.4) is 0 Å². The van der Waals surface area contributed by atoms with E-state index in [0.29, 0.717) is 24.7 Å². The summed E-state index contributed by atoms with van der Waals surface area (Å²) in [4.78, 5) is 12.8. The van der Waals surface area contributed by atoms with Gasteiger partial charge in [-0.3, -0.25) is 4.79 Å². The second kappa shape index (κ2) is 7.00. The highest BCUT2D eigenvalue weighted by Crippen LogP contribution is 2.76. The van der Waals surface area contributed by atoms with Crippen molar-refractivity contribution in [1.82, 2.24) is 0 Å². The number of rotatable bonds is 2. The minimum Gasteiger partial charge on any atom is -0.481 e. The molecule has 3 N–H and O–H groups in total. The third kappa shape index (κ3) is 2.65. The van der Waals surface area contributed by atoms with Crippen LogP contribution in [0.25, 0.3) is 0 Å². The number of carboxylic acid groups (broad SMARTS) is 1. The summed E-state index contributed by atoms with van der Waals surface area (Å²) < 4.78 is 0. The maximum Gasteiger partial charge on any atom is 0.310 e. The Labute approximate surface area is 205 Å². The molecule has 0 saturated heterocycles. The fourth-order valence-electron chi connectivity index (χ4n) is 10.4. The summed E-state index contributed by atoms with van der Waals surface area (Å²) in [6, 6.07) is 0. The van der Waals surface area contributed by atoms with Crippen molar-refractivity contribution in [2.24, 2.45) is 50.2 Å². The fraction of sp³-hybridized carbons (Fsp3) is 0.833. The van der Waals surface area contributed by atoms with Crippen LogP contribution in [0.15, 0.2) is 23.3 Å². The lowest BCUT2D eigenvalue weighted by Crippen LogP contribution is -2.65. The highest BCUT2D eigenvalue weighted by atomic mass is 16.4. The Bertz CT molecular complexity index is 974. The molecule has 4 nitrogen and oxygen atoms in total. The first-order valence-corrected chi connectivity index (χ1v) is 13.6. The van der Waals surface area contributed by atoms with Crippen molar-refractivity contribution in [3.8, 4) is 0 Å². The summed E-state index contributed by atoms with van der Waals surface area (Å²) in [5, 5.41) is 32.6. The van der Waals surface area contributed by atoms with Crippen molar-refractivity contribution in [2.45, 2.75) is 99.5 Å². The Balaban J connectivity index is 1.66. The standard InChI is InChI=1S/C30H46O4/c1-25(2)12-14-30(24(33)34)15-13-27(5)19(22(30)23(25)32)8-9-21-28(27,6)11-10-20-26(3,4)16-18(17-31)29(20,21)7/h8,16,20-23,31-32H,9-15,17H2,1-7H3,(H,33,34). The van der Waals surface area contributed by atoms with E-state index < -0.39 is 17.5 Å². The predicted octanol–water partition coefficient (Wildman–Crippen LogP) is 5.98. The van der Waals surface area contributed by atoms with Gasteiger partial charge in [0.2, 0.25) is 0 Å². The normalized spacial score (nSPS) is 50.7. The first kappa shape index (κ1) is 24.6. The summed E-state index contributed by atoms with van der Waals surface area (Å²) >= 11 is 0. The fourth-order valence-corrected chi connectivity index (χ4v) is 10.4. The SMILES string of the molecule is CC1(C)C=C(CO)C2(C)C1CCC1(C)C2CC=C2C3C(O)C(C)(C)CCC3(C(=O)O)CCC21C. The zero-order valence-electron chi connectivity index (χ0n) is 22.4. The molecule has 5 rings (SSSR count). The Kier molecular flexibility index (Phi) is 5.06. The number of aliphatic carboxylic acids is 1. The van der Waals surface area contributed by atoms with Gasteiger partial charge in [0.05, 0.1) is 18.1 Å². The van der Waals surface area contributed by atoms with Gasteiger partial charge in [-0.15, -0.1) is 0 Å². The zero-order chi connectivity index (χ0) is 25.1. The number of hydrogen-bond acceptors (Lipinski definition) is 3. The van der Waals surface area contributed by atoms with Crippen LogP contribution in [-0.4, -0.2) is 34.0 Å². The zero-order valence-corrected chi connectivity index (χ0v) is 22.4. The molecule has 5 aliphatic carbocycles. The van der Waals surface area contributed by atoms with Crippen LogP contribution in [0, 0.1) is 50.2 Å². The maximum absolute atomic E-state index is 12.8. The van der Waals surface area contributed by atoms with Crippen molar-refractivity contribution < 1.29 is 20.1 Å². The minimum absolute atomic E-state index is 0.00296. The van der Waals surface area contributed by atoms with Crippen molar-refractivity contribution in [3.63, 3.8) is 0 Å². The average molecular weight is 471 g/mol. The molecule has 34 heavy (non-hydrogen) atoms. The topological polar surface area (TPSA) is 77.8 Å². The first-order chi connectivity index (χ1) is 15.6. The summed E-state index contributed by atoms with van der Waals surface area (Å²) in [7, 11) is 0. The van der Waals surface area contributed by atoms with Gasteiger partial charge in [-0.2, -0.15) is 0 Å². The summed E-state index contributed by atoms with van der Waals surface area (Å²) in [6.07, 6.45) is 10.1. The van der Waals surface area contributed by atoms with E-state index in [1.807, 2.05) is 0 Å². The number of aliphatic hydroxyl groups excluding tert-OH is 2.